The molecule has 2 aliphatic rings. The van der Waals surface area contributed by atoms with Crippen LogP contribution in [0.5, 0.6) is 0 Å². The van der Waals surface area contributed by atoms with E-state index in [4.69, 9.17) is 0 Å². The third kappa shape index (κ3) is 2.22. The smallest absolute Gasteiger partial charge is 0.262 e. The van der Waals surface area contributed by atoms with Gasteiger partial charge in [-0.1, -0.05) is 0 Å². The van der Waals surface area contributed by atoms with Crippen molar-refractivity contribution in [1.29, 1.82) is 0 Å². The van der Waals surface area contributed by atoms with Gasteiger partial charge in [-0.05, 0) is 43.6 Å². The van der Waals surface area contributed by atoms with E-state index >= 15 is 0 Å². The Morgan fingerprint density at radius 2 is 2.21 bits per heavy atom. The van der Waals surface area contributed by atoms with Crippen molar-refractivity contribution in [2.24, 2.45) is 24.8 Å². The van der Waals surface area contributed by atoms with Gasteiger partial charge in [-0.2, -0.15) is 0 Å². The van der Waals surface area contributed by atoms with Crippen molar-refractivity contribution in [3.8, 4) is 0 Å². The largest absolute Gasteiger partial charge is 0.396 e. The van der Waals surface area contributed by atoms with Crippen molar-refractivity contribution >= 4 is 27.5 Å². The Bertz CT molecular complexity index is 872. The molecule has 2 aliphatic carbocycles. The number of thiophene rings is 1. The van der Waals surface area contributed by atoms with E-state index in [1.165, 1.54) is 22.2 Å². The number of nitrogens with zero attached hydrogens (tertiary/aromatic N) is 2. The molecule has 128 valence electrons. The Morgan fingerprint density at radius 3 is 2.96 bits per heavy atom. The van der Waals surface area contributed by atoms with Crippen molar-refractivity contribution in [3.05, 3.63) is 27.1 Å². The number of carbonyl (C=O) groups is 1. The van der Waals surface area contributed by atoms with Crippen LogP contribution in [0.4, 0.5) is 0 Å². The van der Waals surface area contributed by atoms with Gasteiger partial charge in [0.2, 0.25) is 0 Å². The molecule has 2 fully saturated rings. The fraction of sp³-hybridized carbons (Fsp3) is 0.588. The highest BCUT2D eigenvalue weighted by Crippen LogP contribution is 2.48. The Balaban J connectivity index is 1.66. The monoisotopic (exact) mass is 347 g/mol. The van der Waals surface area contributed by atoms with Gasteiger partial charge >= 0.3 is 0 Å². The lowest BCUT2D eigenvalue weighted by molar-refractivity contribution is 0.0865. The first-order chi connectivity index (χ1) is 11.5. The first-order valence-corrected chi connectivity index (χ1v) is 9.19. The molecule has 2 N–H and O–H groups in total. The van der Waals surface area contributed by atoms with Crippen LogP contribution < -0.4 is 10.9 Å². The highest BCUT2D eigenvalue weighted by atomic mass is 32.1. The predicted molar refractivity (Wildman–Crippen MR) is 92.3 cm³/mol. The SMILES string of the molecule is Cc1c(C(=O)NC2C3CCC(C3)C2CO)sc2ncn(C)c(=O)c12. The molecule has 1 amide bonds. The number of amides is 1. The Labute approximate surface area is 143 Å². The number of aromatic nitrogens is 2. The molecule has 24 heavy (non-hydrogen) atoms. The molecule has 0 aliphatic heterocycles. The summed E-state index contributed by atoms with van der Waals surface area (Å²) in [5.41, 5.74) is 0.575. The zero-order valence-corrected chi connectivity index (χ0v) is 14.6. The molecule has 4 unspecified atom stereocenters. The molecule has 2 aromatic heterocycles. The fourth-order valence-electron chi connectivity index (χ4n) is 4.54. The van der Waals surface area contributed by atoms with Gasteiger partial charge in [-0.15, -0.1) is 11.3 Å². The van der Waals surface area contributed by atoms with E-state index in [-0.39, 0.29) is 30.0 Å². The topological polar surface area (TPSA) is 84.2 Å². The summed E-state index contributed by atoms with van der Waals surface area (Å²) in [4.78, 5) is 30.5. The van der Waals surface area contributed by atoms with Gasteiger partial charge in [0, 0.05) is 25.6 Å². The van der Waals surface area contributed by atoms with Crippen LogP contribution >= 0.6 is 11.3 Å². The van der Waals surface area contributed by atoms with Crippen molar-refractivity contribution in [3.63, 3.8) is 0 Å². The van der Waals surface area contributed by atoms with Crippen molar-refractivity contribution < 1.29 is 9.90 Å². The van der Waals surface area contributed by atoms with Gasteiger partial charge in [0.1, 0.15) is 4.83 Å². The minimum absolute atomic E-state index is 0.0432. The number of aliphatic hydroxyl groups excluding tert-OH is 1. The minimum Gasteiger partial charge on any atom is -0.396 e. The molecule has 0 aromatic carbocycles. The molecule has 0 radical (unpaired) electrons. The molecule has 2 heterocycles. The van der Waals surface area contributed by atoms with Crippen LogP contribution in [0.15, 0.2) is 11.1 Å². The van der Waals surface area contributed by atoms with E-state index in [2.05, 4.69) is 10.3 Å². The summed E-state index contributed by atoms with van der Waals surface area (Å²) >= 11 is 1.27. The lowest BCUT2D eigenvalue weighted by Crippen LogP contribution is -2.45. The van der Waals surface area contributed by atoms with E-state index in [0.29, 0.717) is 32.5 Å². The summed E-state index contributed by atoms with van der Waals surface area (Å²) in [6.45, 7) is 1.93. The lowest BCUT2D eigenvalue weighted by atomic mass is 9.85. The Hall–Kier alpha value is -1.73. The molecular weight excluding hydrogens is 326 g/mol. The maximum absolute atomic E-state index is 12.8. The predicted octanol–water partition coefficient (Wildman–Crippen LogP) is 1.44. The highest BCUT2D eigenvalue weighted by molar-refractivity contribution is 7.20. The van der Waals surface area contributed by atoms with Crippen LogP contribution in [-0.4, -0.2) is 33.2 Å². The van der Waals surface area contributed by atoms with Crippen LogP contribution in [0.3, 0.4) is 0 Å². The third-order valence-corrected chi connectivity index (χ3v) is 7.01. The number of carbonyl (C=O) groups excluding carboxylic acids is 1. The van der Waals surface area contributed by atoms with Gasteiger partial charge in [0.15, 0.2) is 0 Å². The van der Waals surface area contributed by atoms with Gasteiger partial charge in [-0.25, -0.2) is 4.98 Å². The van der Waals surface area contributed by atoms with Crippen LogP contribution in [0.25, 0.3) is 10.2 Å². The van der Waals surface area contributed by atoms with Gasteiger partial charge in [0.25, 0.3) is 11.5 Å². The average Bonchev–Trinajstić information content (AvgIpc) is 3.24. The van der Waals surface area contributed by atoms with E-state index < -0.39 is 0 Å². The summed E-state index contributed by atoms with van der Waals surface area (Å²) in [7, 11) is 1.66. The molecule has 7 heteroatoms. The van der Waals surface area contributed by atoms with Crippen LogP contribution in [0.1, 0.15) is 34.5 Å². The van der Waals surface area contributed by atoms with E-state index in [1.807, 2.05) is 0 Å². The maximum Gasteiger partial charge on any atom is 0.262 e. The molecule has 2 saturated carbocycles. The molecule has 0 spiro atoms. The minimum atomic E-state index is -0.145. The van der Waals surface area contributed by atoms with E-state index in [9.17, 15) is 14.7 Å². The summed E-state index contributed by atoms with van der Waals surface area (Å²) in [6, 6.07) is 0.0432. The normalized spacial score (nSPS) is 28.6. The molecule has 2 aromatic rings. The summed E-state index contributed by atoms with van der Waals surface area (Å²) in [6.07, 6.45) is 4.87. The summed E-state index contributed by atoms with van der Waals surface area (Å²) in [5, 5.41) is 13.3. The van der Waals surface area contributed by atoms with Crippen molar-refractivity contribution in [2.75, 3.05) is 6.61 Å². The fourth-order valence-corrected chi connectivity index (χ4v) is 5.58. The maximum atomic E-state index is 12.8. The number of nitrogens with one attached hydrogen (secondary N) is 1. The zero-order valence-electron chi connectivity index (χ0n) is 13.8. The molecule has 4 rings (SSSR count). The first-order valence-electron chi connectivity index (χ1n) is 8.37. The van der Waals surface area contributed by atoms with E-state index in [1.54, 1.807) is 14.0 Å². The molecular formula is C17H21N3O3S. The number of fused-ring (bicyclic) bond motifs is 3. The number of aliphatic hydroxyl groups is 1. The Kier molecular flexibility index (Phi) is 3.73. The number of hydrogen-bond acceptors (Lipinski definition) is 5. The Morgan fingerprint density at radius 1 is 1.46 bits per heavy atom. The highest BCUT2D eigenvalue weighted by Gasteiger charge is 2.47. The van der Waals surface area contributed by atoms with Crippen molar-refractivity contribution in [1.82, 2.24) is 14.9 Å². The second-order valence-electron chi connectivity index (χ2n) is 7.08. The van der Waals surface area contributed by atoms with Gasteiger partial charge < -0.3 is 15.0 Å². The zero-order chi connectivity index (χ0) is 17.0. The standard InChI is InChI=1S/C17H21N3O3S/c1-8-12-16(18-7-20(2)17(12)23)24-14(8)15(22)19-13-10-4-3-9(5-10)11(13)6-21/h7,9-11,13,21H,3-6H2,1-2H3,(H,19,22). The quantitative estimate of drug-likeness (QED) is 0.880. The molecule has 4 atom stereocenters. The summed E-state index contributed by atoms with van der Waals surface area (Å²) < 4.78 is 1.43. The number of aryl methyl sites for hydroxylation is 2. The van der Waals surface area contributed by atoms with Gasteiger partial charge in [0.05, 0.1) is 16.6 Å². The number of rotatable bonds is 3. The van der Waals surface area contributed by atoms with Crippen molar-refractivity contribution in [2.45, 2.75) is 32.2 Å². The third-order valence-electron chi connectivity index (χ3n) is 5.81. The second kappa shape index (κ2) is 5.67. The van der Waals surface area contributed by atoms with Crippen LogP contribution in [0.2, 0.25) is 0 Å². The first kappa shape index (κ1) is 15.8. The molecule has 2 bridgehead atoms. The van der Waals surface area contributed by atoms with Crippen LogP contribution in [0, 0.1) is 24.7 Å². The molecule has 6 nitrogen and oxygen atoms in total. The van der Waals surface area contributed by atoms with Gasteiger partial charge in [-0.3, -0.25) is 9.59 Å². The average molecular weight is 347 g/mol. The van der Waals surface area contributed by atoms with Crippen LogP contribution in [-0.2, 0) is 7.05 Å². The lowest BCUT2D eigenvalue weighted by Gasteiger charge is -2.30. The molecule has 0 saturated heterocycles. The van der Waals surface area contributed by atoms with E-state index in [0.717, 1.165) is 19.3 Å². The number of hydrogen-bond donors (Lipinski definition) is 2. The second-order valence-corrected chi connectivity index (χ2v) is 8.07. The summed E-state index contributed by atoms with van der Waals surface area (Å²) in [5.74, 6) is 1.02.